The zero-order chi connectivity index (χ0) is 55.6. The maximum Gasteiger partial charge on any atom is 0.187 e. The van der Waals surface area contributed by atoms with Gasteiger partial charge in [0.05, 0.1) is 52.9 Å². The summed E-state index contributed by atoms with van der Waals surface area (Å²) in [6, 6.07) is 5.71. The first-order chi connectivity index (χ1) is 36.7. The van der Waals surface area contributed by atoms with Crippen LogP contribution in [0.1, 0.15) is 77.2 Å². The van der Waals surface area contributed by atoms with Crippen molar-refractivity contribution in [2.24, 2.45) is 34.5 Å². The summed E-state index contributed by atoms with van der Waals surface area (Å²) in [6.45, 7) is 3.70. The molecule has 4 saturated heterocycles. The normalized spacial score (nSPS) is 49.5. The zero-order valence-corrected chi connectivity index (χ0v) is 44.0. The third-order valence-electron chi connectivity index (χ3n) is 19.1. The fourth-order valence-electron chi connectivity index (χ4n) is 15.0. The summed E-state index contributed by atoms with van der Waals surface area (Å²) in [4.78, 5) is 0. The molecule has 3 saturated carbocycles. The molecule has 9 rings (SSSR count). The fourth-order valence-corrected chi connectivity index (χ4v) is 15.0. The van der Waals surface area contributed by atoms with E-state index in [0.29, 0.717) is 24.3 Å². The largest absolute Gasteiger partial charge is 0.497 e. The number of rotatable bonds is 16. The average molecular weight is 1100 g/mol. The third-order valence-corrected chi connectivity index (χ3v) is 19.1. The van der Waals surface area contributed by atoms with Crippen LogP contribution in [-0.4, -0.2) is 247 Å². The first-order valence-corrected chi connectivity index (χ1v) is 27.1. The monoisotopic (exact) mass is 1100 g/mol. The second-order valence-electron chi connectivity index (χ2n) is 23.1. The van der Waals surface area contributed by atoms with Gasteiger partial charge in [0, 0.05) is 5.56 Å². The number of hydrogen-bond donors (Lipinski definition) is 14. The lowest BCUT2D eigenvalue weighted by atomic mass is 9.47. The van der Waals surface area contributed by atoms with E-state index in [1.165, 1.54) is 5.57 Å². The minimum Gasteiger partial charge on any atom is -0.497 e. The summed E-state index contributed by atoms with van der Waals surface area (Å²) in [6.07, 6.45) is -25.3. The number of fused-ring (bicyclic) bond motifs is 5. The van der Waals surface area contributed by atoms with Gasteiger partial charge in [-0.25, -0.2) is 0 Å². The smallest absolute Gasteiger partial charge is 0.187 e. The highest BCUT2D eigenvalue weighted by Gasteiger charge is 2.64. The molecule has 4 heterocycles. The maximum absolute atomic E-state index is 11.7. The molecule has 0 unspecified atom stereocenters. The van der Waals surface area contributed by atoms with Crippen molar-refractivity contribution in [3.63, 3.8) is 0 Å². The number of aliphatic hydroxyl groups excluding tert-OH is 14. The molecule has 0 radical (unpaired) electrons. The van der Waals surface area contributed by atoms with Crippen LogP contribution in [0.25, 0.3) is 0 Å². The van der Waals surface area contributed by atoms with Crippen LogP contribution in [0, 0.1) is 34.5 Å². The molecule has 14 N–H and O–H groups in total. The second-order valence-corrected chi connectivity index (χ2v) is 23.1. The number of benzene rings is 1. The van der Waals surface area contributed by atoms with Crippen LogP contribution in [-0.2, 0) is 37.9 Å². The third kappa shape index (κ3) is 10.7. The van der Waals surface area contributed by atoms with Gasteiger partial charge in [0.2, 0.25) is 0 Å². The summed E-state index contributed by atoms with van der Waals surface area (Å²) < 4.78 is 59.6. The minimum absolute atomic E-state index is 0.157. The van der Waals surface area contributed by atoms with Gasteiger partial charge in [-0.1, -0.05) is 25.5 Å². The quantitative estimate of drug-likeness (QED) is 0.0734. The number of hydrogen-bond acceptors (Lipinski definition) is 24. The highest BCUT2D eigenvalue weighted by molar-refractivity contribution is 5.44. The molecule has 77 heavy (non-hydrogen) atoms. The molecule has 0 aromatic heterocycles. The lowest BCUT2D eigenvalue weighted by molar-refractivity contribution is -0.364. The van der Waals surface area contributed by atoms with Crippen LogP contribution in [0.3, 0.4) is 0 Å². The van der Waals surface area contributed by atoms with Gasteiger partial charge in [-0.2, -0.15) is 0 Å². The molecule has 0 spiro atoms. The topological polar surface area (TPSA) is 376 Å². The van der Waals surface area contributed by atoms with Crippen LogP contribution >= 0.6 is 0 Å². The molecule has 0 amide bonds. The van der Waals surface area contributed by atoms with Gasteiger partial charge in [0.25, 0.3) is 0 Å². The number of aliphatic hydroxyl groups is 14. The van der Waals surface area contributed by atoms with E-state index in [0.717, 1.165) is 37.7 Å². The van der Waals surface area contributed by atoms with Crippen molar-refractivity contribution in [3.05, 3.63) is 35.4 Å². The van der Waals surface area contributed by atoms with Gasteiger partial charge in [-0.05, 0) is 110 Å². The van der Waals surface area contributed by atoms with Crippen molar-refractivity contribution in [1.29, 1.82) is 0 Å². The van der Waals surface area contributed by atoms with E-state index in [1.807, 2.05) is 25.1 Å². The molecule has 4 aliphatic carbocycles. The Morgan fingerprint density at radius 3 is 1.65 bits per heavy atom. The van der Waals surface area contributed by atoms with Crippen molar-refractivity contribution in [3.8, 4) is 11.5 Å². The molecular formula is C53H82O24. The van der Waals surface area contributed by atoms with Gasteiger partial charge in [-0.15, -0.1) is 0 Å². The first kappa shape index (κ1) is 59.3. The van der Waals surface area contributed by atoms with E-state index in [2.05, 4.69) is 19.9 Å². The zero-order valence-electron chi connectivity index (χ0n) is 44.0. The number of methoxy groups -OCH3 is 2. The summed E-state index contributed by atoms with van der Waals surface area (Å²) in [7, 11) is 3.22. The molecule has 29 atom stereocenters. The Labute approximate surface area is 446 Å². The molecule has 4 aliphatic heterocycles. The van der Waals surface area contributed by atoms with Gasteiger partial charge in [0.1, 0.15) is 109 Å². The van der Waals surface area contributed by atoms with Gasteiger partial charge < -0.3 is 119 Å². The van der Waals surface area contributed by atoms with Crippen molar-refractivity contribution in [1.82, 2.24) is 0 Å². The molecular weight excluding hydrogens is 1020 g/mol. The van der Waals surface area contributed by atoms with Crippen LogP contribution in [0.15, 0.2) is 29.8 Å². The van der Waals surface area contributed by atoms with E-state index in [-0.39, 0.29) is 40.4 Å². The molecule has 8 aliphatic rings. The second kappa shape index (κ2) is 23.9. The maximum atomic E-state index is 11.7. The summed E-state index contributed by atoms with van der Waals surface area (Å²) in [5, 5.41) is 149. The standard InChI is InChI=1S/C53H82O24/c1-21(70-48-44(66)40(62)46(33(19-56)74-48)76-50-42(64)38(60)36(58)31(17-54)72-50)35-27(26-15-23(68-4)7-9-30(26)69-5)16-29-25-8-6-22-14-24(10-12-52(22,2)28(25)11-13-53(29,35)3)71-49-45(67)41(63)47(34(20-57)75-49)77-51-43(65)39(61)37(59)32(18-55)73-51/h6-7,9,15,21,24-25,27-29,31-51,54-67H,8,10-14,16-20H2,1-5H3/t21-,24-,25+,27-,28-,29-,31+,32+,33+,34+,35-,36-,37-,38-,39-,40+,41+,42+,43+,44+,45+,46+,47+,48-,49-,50-,51-,52-,53-/m0/s1. The summed E-state index contributed by atoms with van der Waals surface area (Å²) >= 11 is 0. The SMILES string of the molecule is COc1ccc(OC)c([C@@H]2C[C@H]3[C@@H]4CC=C5C[C@@H](O[C@H]6O[C@H](CO)[C@@H](O[C@@H]7O[C@H](CO)[C@H](O)[C@H](O)[C@H]7O)[C@H](O)[C@H]6O)CC[C@]5(C)[C@H]4CC[C@]3(C)[C@H]2[C@H](C)O[C@H]2O[C@H](CO)[C@@H](O[C@@H]3O[C@H](CO)[C@H](O)[C@H](O)[C@H]3O)[C@H](O)[C@H]2O)c1. The fraction of sp³-hybridized carbons (Fsp3) is 0.849. The molecule has 7 fully saturated rings. The lowest BCUT2D eigenvalue weighted by Crippen LogP contribution is -2.65. The molecule has 24 heteroatoms. The first-order valence-electron chi connectivity index (χ1n) is 27.1. The van der Waals surface area contributed by atoms with Crippen molar-refractivity contribution in [2.45, 2.75) is 207 Å². The average Bonchev–Trinajstić information content (AvgIpc) is 3.76. The molecule has 1 aromatic rings. The minimum atomic E-state index is -1.81. The van der Waals surface area contributed by atoms with E-state index < -0.39 is 161 Å². The predicted octanol–water partition coefficient (Wildman–Crippen LogP) is -2.99. The lowest BCUT2D eigenvalue weighted by Gasteiger charge is -2.58. The number of allylic oxidation sites excluding steroid dienone is 1. The van der Waals surface area contributed by atoms with Crippen molar-refractivity contribution in [2.75, 3.05) is 40.6 Å². The number of ether oxygens (including phenoxy) is 10. The van der Waals surface area contributed by atoms with Gasteiger partial charge in [0.15, 0.2) is 25.2 Å². The molecule has 24 nitrogen and oxygen atoms in total. The Balaban J connectivity index is 0.910. The van der Waals surface area contributed by atoms with Crippen LogP contribution in [0.5, 0.6) is 11.5 Å². The van der Waals surface area contributed by atoms with Crippen LogP contribution in [0.2, 0.25) is 0 Å². The van der Waals surface area contributed by atoms with Crippen molar-refractivity contribution < 1.29 is 119 Å². The van der Waals surface area contributed by atoms with E-state index >= 15 is 0 Å². The Hall–Kier alpha value is -2.32. The highest BCUT2D eigenvalue weighted by atomic mass is 16.8. The molecule has 0 bridgehead atoms. The highest BCUT2D eigenvalue weighted by Crippen LogP contribution is 2.70. The summed E-state index contributed by atoms with van der Waals surface area (Å²) in [5.74, 6) is 1.60. The van der Waals surface area contributed by atoms with E-state index in [4.69, 9.17) is 47.4 Å². The Kier molecular flexibility index (Phi) is 18.4. The van der Waals surface area contributed by atoms with E-state index in [1.54, 1.807) is 14.2 Å². The van der Waals surface area contributed by atoms with Gasteiger partial charge in [-0.3, -0.25) is 0 Å². The Morgan fingerprint density at radius 2 is 1.10 bits per heavy atom. The van der Waals surface area contributed by atoms with Gasteiger partial charge >= 0.3 is 0 Å². The molecule has 1 aromatic carbocycles. The van der Waals surface area contributed by atoms with Crippen LogP contribution < -0.4 is 9.47 Å². The predicted molar refractivity (Wildman–Crippen MR) is 261 cm³/mol. The van der Waals surface area contributed by atoms with E-state index in [9.17, 15) is 71.5 Å². The Morgan fingerprint density at radius 1 is 0.584 bits per heavy atom. The van der Waals surface area contributed by atoms with Crippen molar-refractivity contribution >= 4 is 0 Å². The van der Waals surface area contributed by atoms with Crippen LogP contribution in [0.4, 0.5) is 0 Å². The Bertz CT molecular complexity index is 2150. The summed E-state index contributed by atoms with van der Waals surface area (Å²) in [5.41, 5.74) is 1.57. The molecule has 438 valence electrons.